The number of nitrogens with one attached hydrogen (secondary N) is 2. The van der Waals surface area contributed by atoms with E-state index in [1.807, 2.05) is 0 Å². The van der Waals surface area contributed by atoms with Gasteiger partial charge in [-0.3, -0.25) is 14.6 Å². The van der Waals surface area contributed by atoms with Crippen LogP contribution in [0, 0.1) is 0 Å². The molecule has 1 aromatic heterocycles. The summed E-state index contributed by atoms with van der Waals surface area (Å²) >= 11 is 0. The monoisotopic (exact) mass is 479 g/mol. The minimum atomic E-state index is -4.44. The molecule has 35 heavy (non-hydrogen) atoms. The molecule has 0 saturated heterocycles. The fraction of sp³-hybridized carbons (Fsp3) is 0.115. The van der Waals surface area contributed by atoms with Crippen molar-refractivity contribution >= 4 is 28.8 Å². The lowest BCUT2D eigenvalue weighted by atomic mass is 9.97. The SMILES string of the molecule is O=C(C=CC=C(c1ccncc1)c1ccc(C(F)(F)F)cc1)Nc1cccc2c1CC(O)C(=O)N2. The number of allylic oxidation sites excluding steroid dienone is 2. The lowest BCUT2D eigenvalue weighted by Crippen LogP contribution is -2.34. The Morgan fingerprint density at radius 3 is 2.43 bits per heavy atom. The van der Waals surface area contributed by atoms with E-state index < -0.39 is 29.7 Å². The van der Waals surface area contributed by atoms with E-state index >= 15 is 0 Å². The molecule has 2 heterocycles. The van der Waals surface area contributed by atoms with Gasteiger partial charge in [-0.2, -0.15) is 13.2 Å². The lowest BCUT2D eigenvalue weighted by molar-refractivity contribution is -0.137. The maximum absolute atomic E-state index is 12.9. The number of carbonyl (C=O) groups is 2. The number of halogens is 3. The maximum Gasteiger partial charge on any atom is 0.416 e. The predicted molar refractivity (Wildman–Crippen MR) is 125 cm³/mol. The Bertz CT molecular complexity index is 1300. The molecule has 0 spiro atoms. The number of aromatic nitrogens is 1. The first-order valence-electron chi connectivity index (χ1n) is 10.6. The van der Waals surface area contributed by atoms with Crippen molar-refractivity contribution in [2.75, 3.05) is 10.6 Å². The van der Waals surface area contributed by atoms with Crippen LogP contribution in [0.1, 0.15) is 22.3 Å². The van der Waals surface area contributed by atoms with E-state index in [1.165, 1.54) is 24.3 Å². The number of fused-ring (bicyclic) bond motifs is 1. The van der Waals surface area contributed by atoms with Gasteiger partial charge in [0.2, 0.25) is 5.91 Å². The normalized spacial score (nSPS) is 16.1. The fourth-order valence-electron chi connectivity index (χ4n) is 3.68. The molecule has 2 aromatic carbocycles. The molecule has 1 aliphatic rings. The minimum absolute atomic E-state index is 0.0708. The van der Waals surface area contributed by atoms with Gasteiger partial charge in [0.25, 0.3) is 5.91 Å². The second-order valence-electron chi connectivity index (χ2n) is 7.78. The largest absolute Gasteiger partial charge is 0.416 e. The van der Waals surface area contributed by atoms with Gasteiger partial charge in [-0.15, -0.1) is 0 Å². The topological polar surface area (TPSA) is 91.3 Å². The van der Waals surface area contributed by atoms with Gasteiger partial charge in [-0.05, 0) is 53.1 Å². The van der Waals surface area contributed by atoms with Gasteiger partial charge in [0.1, 0.15) is 6.10 Å². The number of amides is 2. The van der Waals surface area contributed by atoms with Crippen molar-refractivity contribution in [3.05, 3.63) is 107 Å². The summed E-state index contributed by atoms with van der Waals surface area (Å²) in [5.74, 6) is -0.958. The molecule has 0 saturated carbocycles. The van der Waals surface area contributed by atoms with Gasteiger partial charge in [-0.25, -0.2) is 0 Å². The zero-order valence-electron chi connectivity index (χ0n) is 18.2. The number of nitrogens with zero attached hydrogens (tertiary/aromatic N) is 1. The standard InChI is InChI=1S/C26H20F3N3O3/c27-26(28,29)18-9-7-16(8-10-18)19(17-11-13-30-14-12-17)3-1-6-24(34)31-21-4-2-5-22-20(21)15-23(33)25(35)32-22/h1-14,23,33H,15H2,(H,31,34)(H,32,35). The van der Waals surface area contributed by atoms with Crippen LogP contribution in [0.25, 0.3) is 5.57 Å². The van der Waals surface area contributed by atoms with Gasteiger partial charge in [0.05, 0.1) is 5.56 Å². The first-order chi connectivity index (χ1) is 16.7. The first kappa shape index (κ1) is 23.9. The molecule has 0 bridgehead atoms. The number of benzene rings is 2. The van der Waals surface area contributed by atoms with Gasteiger partial charge in [-0.1, -0.05) is 30.4 Å². The number of anilines is 2. The number of hydrogen-bond donors (Lipinski definition) is 3. The third-order valence-corrected chi connectivity index (χ3v) is 5.42. The summed E-state index contributed by atoms with van der Waals surface area (Å²) in [5.41, 5.74) is 2.69. The molecule has 2 amide bonds. The summed E-state index contributed by atoms with van der Waals surface area (Å²) < 4.78 is 38.8. The third kappa shape index (κ3) is 5.64. The summed E-state index contributed by atoms with van der Waals surface area (Å²) in [4.78, 5) is 28.2. The lowest BCUT2D eigenvalue weighted by Gasteiger charge is -2.23. The number of rotatable bonds is 5. The Balaban J connectivity index is 1.56. The Hall–Kier alpha value is -4.24. The molecular weight excluding hydrogens is 459 g/mol. The molecule has 0 fully saturated rings. The zero-order valence-corrected chi connectivity index (χ0v) is 18.2. The molecule has 6 nitrogen and oxygen atoms in total. The Morgan fingerprint density at radius 2 is 1.74 bits per heavy atom. The molecular formula is C26H20F3N3O3. The Labute approximate surface area is 198 Å². The number of alkyl halides is 3. The molecule has 3 N–H and O–H groups in total. The van der Waals surface area contributed by atoms with E-state index in [4.69, 9.17) is 0 Å². The maximum atomic E-state index is 12.9. The minimum Gasteiger partial charge on any atom is -0.383 e. The van der Waals surface area contributed by atoms with Crippen LogP contribution >= 0.6 is 0 Å². The van der Waals surface area contributed by atoms with Crippen molar-refractivity contribution in [2.24, 2.45) is 0 Å². The third-order valence-electron chi connectivity index (χ3n) is 5.42. The number of aliphatic hydroxyl groups is 1. The Kier molecular flexibility index (Phi) is 6.79. The second kappa shape index (κ2) is 9.94. The summed E-state index contributed by atoms with van der Waals surface area (Å²) in [6.07, 6.45) is 1.96. The molecule has 0 aliphatic carbocycles. The smallest absolute Gasteiger partial charge is 0.383 e. The summed E-state index contributed by atoms with van der Waals surface area (Å²) in [7, 11) is 0. The number of hydrogen-bond acceptors (Lipinski definition) is 4. The first-order valence-corrected chi connectivity index (χ1v) is 10.6. The highest BCUT2D eigenvalue weighted by atomic mass is 19.4. The van der Waals surface area contributed by atoms with Gasteiger partial charge in [0, 0.05) is 41.8 Å². The molecule has 178 valence electrons. The molecule has 1 atom stereocenters. The summed E-state index contributed by atoms with van der Waals surface area (Å²) in [5, 5.41) is 15.2. The fourth-order valence-corrected chi connectivity index (χ4v) is 3.68. The molecule has 1 unspecified atom stereocenters. The molecule has 3 aromatic rings. The van der Waals surface area contributed by atoms with Gasteiger partial charge in [0.15, 0.2) is 0 Å². The van der Waals surface area contributed by atoms with Crippen LogP contribution in [0.4, 0.5) is 24.5 Å². The van der Waals surface area contributed by atoms with Gasteiger partial charge < -0.3 is 15.7 Å². The van der Waals surface area contributed by atoms with Crippen molar-refractivity contribution in [1.29, 1.82) is 0 Å². The van der Waals surface area contributed by atoms with Crippen LogP contribution in [0.3, 0.4) is 0 Å². The van der Waals surface area contributed by atoms with Crippen molar-refractivity contribution in [1.82, 2.24) is 4.98 Å². The van der Waals surface area contributed by atoms with Crippen LogP contribution in [0.5, 0.6) is 0 Å². The predicted octanol–water partition coefficient (Wildman–Crippen LogP) is 4.58. The van der Waals surface area contributed by atoms with E-state index in [9.17, 15) is 27.9 Å². The van der Waals surface area contributed by atoms with Crippen molar-refractivity contribution in [2.45, 2.75) is 18.7 Å². The zero-order chi connectivity index (χ0) is 25.0. The van der Waals surface area contributed by atoms with E-state index in [2.05, 4.69) is 15.6 Å². The molecule has 4 rings (SSSR count). The van der Waals surface area contributed by atoms with Gasteiger partial charge >= 0.3 is 6.18 Å². The summed E-state index contributed by atoms with van der Waals surface area (Å²) in [6, 6.07) is 13.2. The van der Waals surface area contributed by atoms with E-state index in [-0.39, 0.29) is 6.42 Å². The molecule has 9 heteroatoms. The van der Waals surface area contributed by atoms with Crippen molar-refractivity contribution in [3.63, 3.8) is 0 Å². The molecule has 1 aliphatic heterocycles. The molecule has 0 radical (unpaired) electrons. The van der Waals surface area contributed by atoms with E-state index in [0.717, 1.165) is 12.1 Å². The van der Waals surface area contributed by atoms with Crippen LogP contribution in [0.15, 0.2) is 85.2 Å². The van der Waals surface area contributed by atoms with E-state index in [0.29, 0.717) is 33.6 Å². The number of carbonyl (C=O) groups excluding carboxylic acids is 2. The number of aliphatic hydroxyl groups excluding tert-OH is 1. The highest BCUT2D eigenvalue weighted by Crippen LogP contribution is 2.32. The summed E-state index contributed by atoms with van der Waals surface area (Å²) in [6.45, 7) is 0. The second-order valence-corrected chi connectivity index (χ2v) is 7.78. The van der Waals surface area contributed by atoms with Crippen LogP contribution < -0.4 is 10.6 Å². The number of pyridine rings is 1. The van der Waals surface area contributed by atoms with Crippen molar-refractivity contribution in [3.8, 4) is 0 Å². The van der Waals surface area contributed by atoms with E-state index in [1.54, 1.807) is 48.8 Å². The van der Waals surface area contributed by atoms with Crippen LogP contribution in [-0.4, -0.2) is 28.0 Å². The van der Waals surface area contributed by atoms with Crippen LogP contribution in [-0.2, 0) is 22.2 Å². The van der Waals surface area contributed by atoms with Crippen LogP contribution in [0.2, 0.25) is 0 Å². The van der Waals surface area contributed by atoms with Crippen molar-refractivity contribution < 1.29 is 27.9 Å². The Morgan fingerprint density at radius 1 is 1.06 bits per heavy atom. The average molecular weight is 479 g/mol. The quantitative estimate of drug-likeness (QED) is 0.369. The highest BCUT2D eigenvalue weighted by Gasteiger charge is 2.30. The average Bonchev–Trinajstić information content (AvgIpc) is 2.83. The highest BCUT2D eigenvalue weighted by molar-refractivity contribution is 6.03.